The predicted molar refractivity (Wildman–Crippen MR) is 121 cm³/mol. The lowest BCUT2D eigenvalue weighted by Crippen LogP contribution is -1.93. The van der Waals surface area contributed by atoms with Crippen molar-refractivity contribution >= 4 is 23.2 Å². The number of hydrogen-bond donors (Lipinski definition) is 0. The third kappa shape index (κ3) is 4.60. The molecule has 0 aliphatic rings. The zero-order valence-corrected chi connectivity index (χ0v) is 17.9. The van der Waals surface area contributed by atoms with E-state index in [1.165, 1.54) is 4.90 Å². The quantitative estimate of drug-likeness (QED) is 0.377. The second-order valence-electron chi connectivity index (χ2n) is 6.78. The molecule has 0 unspecified atom stereocenters. The number of pyridine rings is 1. The molecule has 3 aromatic rings. The minimum Gasteiger partial charge on any atom is -0.274 e. The summed E-state index contributed by atoms with van der Waals surface area (Å²) in [5.74, 6) is 0. The van der Waals surface area contributed by atoms with Crippen LogP contribution >= 0.6 is 11.8 Å². The number of aromatic nitrogens is 3. The fraction of sp³-hybridized carbons (Fsp3) is 0.261. The average molecular weight is 391 g/mol. The van der Waals surface area contributed by atoms with Crippen LogP contribution in [0.25, 0.3) is 28.1 Å². The zero-order valence-electron chi connectivity index (χ0n) is 17.1. The molecule has 2 heterocycles. The molecule has 0 bridgehead atoms. The van der Waals surface area contributed by atoms with Gasteiger partial charge < -0.3 is 0 Å². The van der Waals surface area contributed by atoms with Crippen molar-refractivity contribution in [2.45, 2.75) is 32.1 Å². The van der Waals surface area contributed by atoms with Gasteiger partial charge in [0.05, 0.1) is 11.4 Å². The second kappa shape index (κ2) is 9.02. The summed E-state index contributed by atoms with van der Waals surface area (Å²) in [6.07, 6.45) is 9.03. The topological polar surface area (TPSA) is 43.1 Å². The lowest BCUT2D eigenvalue weighted by molar-refractivity contribution is 0.762. The number of rotatable bonds is 6. The molecule has 0 aliphatic carbocycles. The van der Waals surface area contributed by atoms with E-state index in [1.807, 2.05) is 37.8 Å². The number of nitrogens with zero attached hydrogens (tertiary/aromatic N) is 4. The van der Waals surface area contributed by atoms with Gasteiger partial charge in [-0.25, -0.2) is 0 Å². The Morgan fingerprint density at radius 1 is 1.14 bits per heavy atom. The highest BCUT2D eigenvalue weighted by atomic mass is 32.2. The molecular weight excluding hydrogens is 364 g/mol. The van der Waals surface area contributed by atoms with E-state index in [9.17, 15) is 0 Å². The van der Waals surface area contributed by atoms with Crippen molar-refractivity contribution in [2.24, 2.45) is 12.0 Å². The number of aliphatic imine (C=N–C) groups is 1. The van der Waals surface area contributed by atoms with Gasteiger partial charge in [0.25, 0.3) is 0 Å². The maximum atomic E-state index is 4.72. The van der Waals surface area contributed by atoms with Crippen LogP contribution in [0.1, 0.15) is 32.9 Å². The van der Waals surface area contributed by atoms with Gasteiger partial charge in [-0.1, -0.05) is 25.1 Å². The maximum absolute atomic E-state index is 4.72. The Balaban J connectivity index is 2.07. The smallest absolute Gasteiger partial charge is 0.118 e. The van der Waals surface area contributed by atoms with Crippen LogP contribution < -0.4 is 0 Å². The Kier molecular flexibility index (Phi) is 6.47. The second-order valence-corrected chi connectivity index (χ2v) is 7.66. The first-order valence-corrected chi connectivity index (χ1v) is 10.6. The summed E-state index contributed by atoms with van der Waals surface area (Å²) in [5, 5.41) is 4.70. The van der Waals surface area contributed by atoms with Gasteiger partial charge in [-0.3, -0.25) is 14.7 Å². The van der Waals surface area contributed by atoms with Crippen LogP contribution in [0.4, 0.5) is 0 Å². The van der Waals surface area contributed by atoms with E-state index < -0.39 is 0 Å². The summed E-state index contributed by atoms with van der Waals surface area (Å²) in [7, 11) is 1.95. The van der Waals surface area contributed by atoms with Gasteiger partial charge in [0.1, 0.15) is 5.69 Å². The standard InChI is InChI=1S/C23H26N4S/c1-6-7-21(25-16(2)3)23-20(15-27(4)26-23)18-12-13-24-22(14-18)17-8-10-19(28-5)11-9-17/h7-15H,6H2,1-5H3/b21-7-. The third-order valence-electron chi connectivity index (χ3n) is 4.27. The zero-order chi connectivity index (χ0) is 20.1. The molecule has 5 heteroatoms. The molecule has 0 fully saturated rings. The Labute approximate surface area is 171 Å². The molecule has 0 N–H and O–H groups in total. The van der Waals surface area contributed by atoms with Crippen LogP contribution in [0, 0.1) is 0 Å². The average Bonchev–Trinajstić information content (AvgIpc) is 3.09. The van der Waals surface area contributed by atoms with E-state index in [1.54, 1.807) is 11.8 Å². The normalized spacial score (nSPS) is 11.5. The molecule has 0 aliphatic heterocycles. The summed E-state index contributed by atoms with van der Waals surface area (Å²) in [6.45, 7) is 6.13. The first kappa shape index (κ1) is 20.1. The third-order valence-corrected chi connectivity index (χ3v) is 5.01. The highest BCUT2D eigenvalue weighted by Gasteiger charge is 2.15. The monoisotopic (exact) mass is 390 g/mol. The Morgan fingerprint density at radius 2 is 1.89 bits per heavy atom. The molecule has 0 atom stereocenters. The van der Waals surface area contributed by atoms with Crippen LogP contribution in [0.2, 0.25) is 0 Å². The molecule has 0 saturated heterocycles. The number of benzene rings is 1. The van der Waals surface area contributed by atoms with Gasteiger partial charge in [-0.15, -0.1) is 11.8 Å². The molecule has 4 nitrogen and oxygen atoms in total. The fourth-order valence-corrected chi connectivity index (χ4v) is 3.44. The van der Waals surface area contributed by atoms with E-state index >= 15 is 0 Å². The molecule has 0 saturated carbocycles. The van der Waals surface area contributed by atoms with Crippen LogP contribution in [-0.4, -0.2) is 26.7 Å². The highest BCUT2D eigenvalue weighted by Crippen LogP contribution is 2.31. The number of allylic oxidation sites excluding steroid dienone is 1. The molecule has 2 aromatic heterocycles. The first-order chi connectivity index (χ1) is 13.5. The van der Waals surface area contributed by atoms with Crippen LogP contribution in [0.15, 0.2) is 64.8 Å². The SMILES string of the molecule is CC/C=C(\N=C(C)C)c1nn(C)cc1-c1ccnc(-c2ccc(SC)cc2)c1. The summed E-state index contributed by atoms with van der Waals surface area (Å²) in [4.78, 5) is 10.5. The summed E-state index contributed by atoms with van der Waals surface area (Å²) in [5.41, 5.74) is 7.05. The van der Waals surface area contributed by atoms with E-state index in [4.69, 9.17) is 10.1 Å². The van der Waals surface area contributed by atoms with Gasteiger partial charge in [-0.05, 0) is 56.4 Å². The summed E-state index contributed by atoms with van der Waals surface area (Å²) in [6, 6.07) is 12.7. The minimum atomic E-state index is 0.903. The molecule has 28 heavy (non-hydrogen) atoms. The van der Waals surface area contributed by atoms with Gasteiger partial charge in [-0.2, -0.15) is 5.10 Å². The molecular formula is C23H26N4S. The van der Waals surface area contributed by atoms with E-state index in [-0.39, 0.29) is 0 Å². The van der Waals surface area contributed by atoms with Crippen molar-refractivity contribution < 1.29 is 0 Å². The van der Waals surface area contributed by atoms with Crippen molar-refractivity contribution in [1.29, 1.82) is 0 Å². The van der Waals surface area contributed by atoms with E-state index in [2.05, 4.69) is 60.8 Å². The molecule has 1 aromatic carbocycles. The van der Waals surface area contributed by atoms with Crippen molar-refractivity contribution in [3.8, 4) is 22.4 Å². The van der Waals surface area contributed by atoms with Gasteiger partial charge >= 0.3 is 0 Å². The highest BCUT2D eigenvalue weighted by molar-refractivity contribution is 7.98. The van der Waals surface area contributed by atoms with Crippen LogP contribution in [-0.2, 0) is 7.05 Å². The Morgan fingerprint density at radius 3 is 2.54 bits per heavy atom. The summed E-state index contributed by atoms with van der Waals surface area (Å²) >= 11 is 1.74. The van der Waals surface area contributed by atoms with Crippen molar-refractivity contribution in [3.63, 3.8) is 0 Å². The van der Waals surface area contributed by atoms with Gasteiger partial charge in [0.15, 0.2) is 0 Å². The van der Waals surface area contributed by atoms with Gasteiger partial charge in [0.2, 0.25) is 0 Å². The van der Waals surface area contributed by atoms with E-state index in [0.717, 1.165) is 45.9 Å². The largest absolute Gasteiger partial charge is 0.274 e. The van der Waals surface area contributed by atoms with Gasteiger partial charge in [0, 0.05) is 41.2 Å². The minimum absolute atomic E-state index is 0.903. The maximum Gasteiger partial charge on any atom is 0.118 e. The lowest BCUT2D eigenvalue weighted by Gasteiger charge is -2.07. The number of aryl methyl sites for hydroxylation is 1. The molecule has 0 radical (unpaired) electrons. The molecule has 0 amide bonds. The van der Waals surface area contributed by atoms with E-state index in [0.29, 0.717) is 0 Å². The fourth-order valence-electron chi connectivity index (χ4n) is 3.04. The first-order valence-electron chi connectivity index (χ1n) is 9.38. The molecule has 0 spiro atoms. The number of hydrogen-bond acceptors (Lipinski definition) is 4. The van der Waals surface area contributed by atoms with Crippen molar-refractivity contribution in [1.82, 2.24) is 14.8 Å². The molecule has 144 valence electrons. The lowest BCUT2D eigenvalue weighted by atomic mass is 10.0. The summed E-state index contributed by atoms with van der Waals surface area (Å²) < 4.78 is 1.85. The van der Waals surface area contributed by atoms with Crippen LogP contribution in [0.3, 0.4) is 0 Å². The molecule has 3 rings (SSSR count). The Hall–Kier alpha value is -2.66. The van der Waals surface area contributed by atoms with Crippen molar-refractivity contribution in [3.05, 3.63) is 60.6 Å². The Bertz CT molecular complexity index is 1010. The predicted octanol–water partition coefficient (Wildman–Crippen LogP) is 6.10. The van der Waals surface area contributed by atoms with Crippen LogP contribution in [0.5, 0.6) is 0 Å². The van der Waals surface area contributed by atoms with Crippen molar-refractivity contribution in [2.75, 3.05) is 6.26 Å². The number of thioether (sulfide) groups is 1.